The number of rotatable bonds is 3. The van der Waals surface area contributed by atoms with Gasteiger partial charge in [-0.1, -0.05) is 17.7 Å². The molecule has 2 saturated carbocycles. The summed E-state index contributed by atoms with van der Waals surface area (Å²) < 4.78 is 24.3. The molecule has 2 fully saturated rings. The minimum Gasteiger partial charge on any atom is -0.200 e. The van der Waals surface area contributed by atoms with Gasteiger partial charge in [-0.2, -0.15) is 13.5 Å². The number of hydrogen-bond acceptors (Lipinski definition) is 3. The molecule has 2 unspecified atom stereocenters. The first kappa shape index (κ1) is 13.6. The Labute approximate surface area is 120 Å². The molecule has 0 saturated heterocycles. The molecule has 20 heavy (non-hydrogen) atoms. The Morgan fingerprint density at radius 1 is 1.10 bits per heavy atom. The van der Waals surface area contributed by atoms with Crippen molar-refractivity contribution >= 4 is 15.7 Å². The minimum absolute atomic E-state index is 0.270. The van der Waals surface area contributed by atoms with E-state index in [0.717, 1.165) is 36.0 Å². The van der Waals surface area contributed by atoms with Crippen LogP contribution in [0.1, 0.15) is 37.7 Å². The number of hydrogen-bond donors (Lipinski definition) is 1. The number of nitrogens with one attached hydrogen (secondary N) is 1. The Hall–Kier alpha value is -1.36. The summed E-state index contributed by atoms with van der Waals surface area (Å²) in [5.74, 6) is 1.44. The lowest BCUT2D eigenvalue weighted by Crippen LogP contribution is -2.23. The maximum atomic E-state index is 12.1. The summed E-state index contributed by atoms with van der Waals surface area (Å²) in [6.07, 6.45) is 5.74. The Morgan fingerprint density at radius 2 is 1.70 bits per heavy atom. The van der Waals surface area contributed by atoms with Gasteiger partial charge in [-0.15, -0.1) is 0 Å². The normalized spacial score (nSPS) is 25.6. The van der Waals surface area contributed by atoms with Crippen LogP contribution in [0.2, 0.25) is 0 Å². The van der Waals surface area contributed by atoms with Crippen LogP contribution in [0.4, 0.5) is 0 Å². The maximum absolute atomic E-state index is 12.1. The molecule has 1 N–H and O–H groups in total. The van der Waals surface area contributed by atoms with E-state index in [-0.39, 0.29) is 4.90 Å². The highest BCUT2D eigenvalue weighted by atomic mass is 32.2. The van der Waals surface area contributed by atoms with Gasteiger partial charge in [0.15, 0.2) is 0 Å². The van der Waals surface area contributed by atoms with Crippen molar-refractivity contribution in [2.24, 2.45) is 16.9 Å². The van der Waals surface area contributed by atoms with Crippen molar-refractivity contribution in [3.8, 4) is 0 Å². The van der Waals surface area contributed by atoms with Gasteiger partial charge in [0, 0.05) is 5.71 Å². The first-order chi connectivity index (χ1) is 9.53. The molecule has 5 heteroatoms. The van der Waals surface area contributed by atoms with E-state index in [4.69, 9.17) is 0 Å². The number of sulfonamides is 1. The van der Waals surface area contributed by atoms with Crippen LogP contribution in [0, 0.1) is 18.8 Å². The Kier molecular flexibility index (Phi) is 3.54. The first-order valence-electron chi connectivity index (χ1n) is 7.17. The second-order valence-electron chi connectivity index (χ2n) is 6.04. The van der Waals surface area contributed by atoms with Crippen molar-refractivity contribution in [3.05, 3.63) is 29.8 Å². The Morgan fingerprint density at radius 3 is 2.30 bits per heavy atom. The van der Waals surface area contributed by atoms with E-state index in [1.54, 1.807) is 24.3 Å². The van der Waals surface area contributed by atoms with Gasteiger partial charge < -0.3 is 0 Å². The van der Waals surface area contributed by atoms with E-state index in [1.165, 1.54) is 19.3 Å². The third-order valence-electron chi connectivity index (χ3n) is 4.35. The average molecular weight is 292 g/mol. The van der Waals surface area contributed by atoms with Gasteiger partial charge in [0.25, 0.3) is 10.0 Å². The average Bonchev–Trinajstić information content (AvgIpc) is 2.76. The molecule has 108 valence electrons. The number of aryl methyl sites for hydroxylation is 1. The smallest absolute Gasteiger partial charge is 0.200 e. The zero-order valence-corrected chi connectivity index (χ0v) is 12.5. The zero-order valence-electron chi connectivity index (χ0n) is 11.7. The van der Waals surface area contributed by atoms with Gasteiger partial charge >= 0.3 is 0 Å². The highest BCUT2D eigenvalue weighted by molar-refractivity contribution is 7.89. The molecular weight excluding hydrogens is 272 g/mol. The maximum Gasteiger partial charge on any atom is 0.276 e. The molecule has 0 spiro atoms. The molecule has 0 amide bonds. The molecule has 4 nitrogen and oxygen atoms in total. The molecule has 0 radical (unpaired) electrons. The molecule has 0 aliphatic heterocycles. The summed E-state index contributed by atoms with van der Waals surface area (Å²) >= 11 is 0. The lowest BCUT2D eigenvalue weighted by molar-refractivity contribution is 0.473. The fraction of sp³-hybridized carbons (Fsp3) is 0.533. The summed E-state index contributed by atoms with van der Waals surface area (Å²) in [7, 11) is -3.53. The van der Waals surface area contributed by atoms with E-state index in [1.807, 2.05) is 6.92 Å². The van der Waals surface area contributed by atoms with Gasteiger partial charge in [-0.25, -0.2) is 4.83 Å². The van der Waals surface area contributed by atoms with Gasteiger partial charge in [0.2, 0.25) is 0 Å². The van der Waals surface area contributed by atoms with Crippen LogP contribution in [0.5, 0.6) is 0 Å². The molecule has 2 aliphatic carbocycles. The molecular formula is C15H20N2O2S. The van der Waals surface area contributed by atoms with Gasteiger partial charge in [0.05, 0.1) is 4.90 Å². The Balaban J connectivity index is 1.72. The Bertz CT molecular complexity index is 606. The topological polar surface area (TPSA) is 58.5 Å². The predicted molar refractivity (Wildman–Crippen MR) is 79.0 cm³/mol. The molecule has 1 aromatic rings. The number of hydrazone groups is 1. The summed E-state index contributed by atoms with van der Waals surface area (Å²) in [4.78, 5) is 2.66. The fourth-order valence-corrected chi connectivity index (χ4v) is 4.13. The third kappa shape index (κ3) is 2.87. The largest absolute Gasteiger partial charge is 0.276 e. The molecule has 3 rings (SSSR count). The van der Waals surface area contributed by atoms with Crippen LogP contribution in [0.15, 0.2) is 34.3 Å². The zero-order chi connectivity index (χ0) is 14.2. The molecule has 1 aromatic carbocycles. The third-order valence-corrected chi connectivity index (χ3v) is 5.58. The monoisotopic (exact) mass is 292 g/mol. The van der Waals surface area contributed by atoms with Crippen molar-refractivity contribution in [3.63, 3.8) is 0 Å². The SMILES string of the molecule is Cc1ccc(S(=O)(=O)NN=C2CC3CCC(C2)C3)cc1. The van der Waals surface area contributed by atoms with E-state index < -0.39 is 10.0 Å². The fourth-order valence-electron chi connectivity index (χ4n) is 3.29. The summed E-state index contributed by atoms with van der Waals surface area (Å²) in [5, 5.41) is 4.17. The molecule has 2 aliphatic rings. The molecule has 0 aromatic heterocycles. The van der Waals surface area contributed by atoms with E-state index >= 15 is 0 Å². The van der Waals surface area contributed by atoms with Crippen molar-refractivity contribution in [1.82, 2.24) is 4.83 Å². The van der Waals surface area contributed by atoms with Crippen LogP contribution in [0.3, 0.4) is 0 Å². The van der Waals surface area contributed by atoms with E-state index in [0.29, 0.717) is 0 Å². The lowest BCUT2D eigenvalue weighted by atomic mass is 9.88. The molecule has 2 atom stereocenters. The minimum atomic E-state index is -3.53. The van der Waals surface area contributed by atoms with Gasteiger partial charge in [-0.3, -0.25) is 0 Å². The highest BCUT2D eigenvalue weighted by Gasteiger charge is 2.32. The van der Waals surface area contributed by atoms with Crippen LogP contribution >= 0.6 is 0 Å². The van der Waals surface area contributed by atoms with E-state index in [9.17, 15) is 8.42 Å². The second-order valence-corrected chi connectivity index (χ2v) is 7.70. The van der Waals surface area contributed by atoms with Crippen LogP contribution < -0.4 is 4.83 Å². The van der Waals surface area contributed by atoms with Crippen LogP contribution in [0.25, 0.3) is 0 Å². The number of fused-ring (bicyclic) bond motifs is 2. The molecule has 0 heterocycles. The van der Waals surface area contributed by atoms with Gasteiger partial charge in [0.1, 0.15) is 0 Å². The summed E-state index contributed by atoms with van der Waals surface area (Å²) in [6.45, 7) is 1.93. The van der Waals surface area contributed by atoms with Crippen molar-refractivity contribution in [2.45, 2.75) is 43.9 Å². The standard InChI is InChI=1S/C15H20N2O2S/c1-11-2-6-15(7-3-11)20(18,19)17-16-14-9-12-4-5-13(8-12)10-14/h2-3,6-7,12-13,17H,4-5,8-10H2,1H3. The van der Waals surface area contributed by atoms with Crippen molar-refractivity contribution in [1.29, 1.82) is 0 Å². The summed E-state index contributed by atoms with van der Waals surface area (Å²) in [5.41, 5.74) is 2.05. The molecule has 2 bridgehead atoms. The van der Waals surface area contributed by atoms with Crippen LogP contribution in [-0.2, 0) is 10.0 Å². The second kappa shape index (κ2) is 5.20. The van der Waals surface area contributed by atoms with E-state index in [2.05, 4.69) is 9.93 Å². The summed E-state index contributed by atoms with van der Waals surface area (Å²) in [6, 6.07) is 6.82. The first-order valence-corrected chi connectivity index (χ1v) is 8.65. The van der Waals surface area contributed by atoms with Gasteiger partial charge in [-0.05, 0) is 63.0 Å². The highest BCUT2D eigenvalue weighted by Crippen LogP contribution is 2.40. The van der Waals surface area contributed by atoms with Crippen molar-refractivity contribution < 1.29 is 8.42 Å². The quantitative estimate of drug-likeness (QED) is 0.871. The van der Waals surface area contributed by atoms with Crippen LogP contribution in [-0.4, -0.2) is 14.1 Å². The predicted octanol–water partition coefficient (Wildman–Crippen LogP) is 2.84. The number of nitrogens with zero attached hydrogens (tertiary/aromatic N) is 1. The number of benzene rings is 1. The van der Waals surface area contributed by atoms with Crippen molar-refractivity contribution in [2.75, 3.05) is 0 Å². The lowest BCUT2D eigenvalue weighted by Gasteiger charge is -2.20.